The van der Waals surface area contributed by atoms with E-state index < -0.39 is 0 Å². The molecule has 1 aliphatic rings. The van der Waals surface area contributed by atoms with Crippen molar-refractivity contribution in [2.24, 2.45) is 5.73 Å². The molecule has 1 unspecified atom stereocenters. The summed E-state index contributed by atoms with van der Waals surface area (Å²) in [5.74, 6) is -0.0457. The second-order valence-corrected chi connectivity index (χ2v) is 5.32. The maximum atomic E-state index is 12.1. The molecule has 1 amide bonds. The highest BCUT2D eigenvalue weighted by Crippen LogP contribution is 2.24. The van der Waals surface area contributed by atoms with Gasteiger partial charge in [0, 0.05) is 18.7 Å². The van der Waals surface area contributed by atoms with E-state index in [1.54, 1.807) is 0 Å². The smallest absolute Gasteiger partial charge is 0.251 e. The van der Waals surface area contributed by atoms with Crippen LogP contribution in [-0.4, -0.2) is 31.2 Å². The third kappa shape index (κ3) is 3.78. The highest BCUT2D eigenvalue weighted by molar-refractivity contribution is 5.94. The molecule has 0 aliphatic carbocycles. The van der Waals surface area contributed by atoms with Gasteiger partial charge >= 0.3 is 0 Å². The lowest BCUT2D eigenvalue weighted by atomic mass is 10.0. The summed E-state index contributed by atoms with van der Waals surface area (Å²) in [6.07, 6.45) is 2.86. The monoisotopic (exact) mass is 262 g/mol. The number of nitrogens with two attached hydrogens (primary N) is 1. The fourth-order valence-electron chi connectivity index (χ4n) is 2.38. The molecule has 1 aliphatic heterocycles. The zero-order valence-electron chi connectivity index (χ0n) is 11.4. The van der Waals surface area contributed by atoms with Gasteiger partial charge in [-0.2, -0.15) is 0 Å². The molecule has 3 N–H and O–H groups in total. The number of ether oxygens (including phenoxy) is 1. The molecular weight excluding hydrogens is 240 g/mol. The van der Waals surface area contributed by atoms with Gasteiger partial charge in [-0.25, -0.2) is 0 Å². The summed E-state index contributed by atoms with van der Waals surface area (Å²) in [7, 11) is 0. The van der Waals surface area contributed by atoms with Crippen molar-refractivity contribution in [3.05, 3.63) is 35.4 Å². The zero-order valence-corrected chi connectivity index (χ0v) is 11.4. The topological polar surface area (TPSA) is 64.4 Å². The van der Waals surface area contributed by atoms with Crippen LogP contribution in [0.3, 0.4) is 0 Å². The molecule has 2 rings (SSSR count). The van der Waals surface area contributed by atoms with Crippen LogP contribution >= 0.6 is 0 Å². The van der Waals surface area contributed by atoms with E-state index in [9.17, 15) is 4.79 Å². The molecule has 0 aromatic heterocycles. The number of hydrogen-bond acceptors (Lipinski definition) is 3. The summed E-state index contributed by atoms with van der Waals surface area (Å²) in [6.45, 7) is 3.99. The van der Waals surface area contributed by atoms with E-state index in [1.807, 2.05) is 31.2 Å². The minimum atomic E-state index is -0.204. The fraction of sp³-hybridized carbons (Fsp3) is 0.533. The average molecular weight is 262 g/mol. The molecule has 1 heterocycles. The van der Waals surface area contributed by atoms with E-state index in [1.165, 1.54) is 0 Å². The Morgan fingerprint density at radius 1 is 1.53 bits per heavy atom. The Morgan fingerprint density at radius 2 is 2.37 bits per heavy atom. The molecule has 104 valence electrons. The maximum Gasteiger partial charge on any atom is 0.251 e. The van der Waals surface area contributed by atoms with Crippen molar-refractivity contribution in [2.45, 2.75) is 31.8 Å². The molecule has 1 atom stereocenters. The van der Waals surface area contributed by atoms with Crippen LogP contribution < -0.4 is 11.1 Å². The van der Waals surface area contributed by atoms with E-state index in [4.69, 9.17) is 10.5 Å². The first-order valence-corrected chi connectivity index (χ1v) is 6.84. The Kier molecular flexibility index (Phi) is 4.56. The van der Waals surface area contributed by atoms with Crippen LogP contribution in [0.4, 0.5) is 0 Å². The molecular formula is C15H22N2O2. The third-order valence-corrected chi connectivity index (χ3v) is 3.55. The number of nitrogens with one attached hydrogen (secondary N) is 1. The predicted molar refractivity (Wildman–Crippen MR) is 75.1 cm³/mol. The van der Waals surface area contributed by atoms with Gasteiger partial charge in [0.05, 0.1) is 5.60 Å². The van der Waals surface area contributed by atoms with Crippen molar-refractivity contribution in [2.75, 3.05) is 19.7 Å². The van der Waals surface area contributed by atoms with Gasteiger partial charge in [-0.15, -0.1) is 0 Å². The van der Waals surface area contributed by atoms with Crippen LogP contribution in [0.25, 0.3) is 0 Å². The number of carbonyl (C=O) groups excluding carboxylic acids is 1. The van der Waals surface area contributed by atoms with Gasteiger partial charge in [0.2, 0.25) is 0 Å². The third-order valence-electron chi connectivity index (χ3n) is 3.55. The van der Waals surface area contributed by atoms with Gasteiger partial charge in [0.15, 0.2) is 0 Å². The Labute approximate surface area is 114 Å². The van der Waals surface area contributed by atoms with Crippen molar-refractivity contribution in [3.8, 4) is 0 Å². The second-order valence-electron chi connectivity index (χ2n) is 5.32. The van der Waals surface area contributed by atoms with Crippen LogP contribution in [-0.2, 0) is 11.2 Å². The lowest BCUT2D eigenvalue weighted by Gasteiger charge is -2.23. The molecule has 19 heavy (non-hydrogen) atoms. The van der Waals surface area contributed by atoms with Gasteiger partial charge in [-0.3, -0.25) is 4.79 Å². The first-order valence-electron chi connectivity index (χ1n) is 6.84. The van der Waals surface area contributed by atoms with E-state index >= 15 is 0 Å². The number of hydrogen-bond donors (Lipinski definition) is 2. The molecule has 4 nitrogen and oxygen atoms in total. The molecule has 0 spiro atoms. The van der Waals surface area contributed by atoms with Crippen LogP contribution in [0.1, 0.15) is 35.7 Å². The van der Waals surface area contributed by atoms with Crippen LogP contribution in [0, 0.1) is 0 Å². The predicted octanol–water partition coefficient (Wildman–Crippen LogP) is 1.49. The Hall–Kier alpha value is -1.39. The molecule has 0 radical (unpaired) electrons. The lowest BCUT2D eigenvalue weighted by molar-refractivity contribution is 0.0206. The van der Waals surface area contributed by atoms with E-state index in [-0.39, 0.29) is 11.5 Å². The lowest BCUT2D eigenvalue weighted by Crippen LogP contribution is -2.40. The summed E-state index contributed by atoms with van der Waals surface area (Å²) < 4.78 is 5.66. The van der Waals surface area contributed by atoms with Gasteiger partial charge in [-0.1, -0.05) is 12.1 Å². The van der Waals surface area contributed by atoms with Crippen molar-refractivity contribution in [3.63, 3.8) is 0 Å². The molecule has 0 saturated carbocycles. The van der Waals surface area contributed by atoms with Crippen molar-refractivity contribution >= 4 is 5.91 Å². The number of carbonyl (C=O) groups is 1. The maximum absolute atomic E-state index is 12.1. The van der Waals surface area contributed by atoms with Crippen molar-refractivity contribution in [1.29, 1.82) is 0 Å². The van der Waals surface area contributed by atoms with Crippen LogP contribution in [0.2, 0.25) is 0 Å². The Balaban J connectivity index is 1.93. The van der Waals surface area contributed by atoms with Gasteiger partial charge in [0.25, 0.3) is 5.91 Å². The van der Waals surface area contributed by atoms with Gasteiger partial charge < -0.3 is 15.8 Å². The van der Waals surface area contributed by atoms with Crippen LogP contribution in [0.5, 0.6) is 0 Å². The van der Waals surface area contributed by atoms with Gasteiger partial charge in [-0.05, 0) is 50.4 Å². The summed E-state index contributed by atoms with van der Waals surface area (Å²) in [6, 6.07) is 7.62. The highest BCUT2D eigenvalue weighted by Gasteiger charge is 2.30. The fourth-order valence-corrected chi connectivity index (χ4v) is 2.38. The van der Waals surface area contributed by atoms with Gasteiger partial charge in [0.1, 0.15) is 0 Å². The molecule has 1 aromatic carbocycles. The quantitative estimate of drug-likeness (QED) is 0.845. The largest absolute Gasteiger partial charge is 0.373 e. The van der Waals surface area contributed by atoms with E-state index in [0.717, 1.165) is 31.4 Å². The standard InChI is InChI=1S/C15H22N2O2/c1-15(7-3-9-19-15)11-17-14(18)13-5-2-4-12(10-13)6-8-16/h2,4-5,10H,3,6-9,11,16H2,1H3,(H,17,18). The summed E-state index contributed by atoms with van der Waals surface area (Å²) in [4.78, 5) is 12.1. The summed E-state index contributed by atoms with van der Waals surface area (Å²) in [5.41, 5.74) is 7.11. The van der Waals surface area contributed by atoms with E-state index in [2.05, 4.69) is 5.32 Å². The SMILES string of the molecule is CC1(CNC(=O)c2cccc(CCN)c2)CCCO1. The number of amides is 1. The van der Waals surface area contributed by atoms with Crippen LogP contribution in [0.15, 0.2) is 24.3 Å². The second kappa shape index (κ2) is 6.17. The molecule has 1 fully saturated rings. The first kappa shape index (κ1) is 14.0. The Bertz CT molecular complexity index is 440. The van der Waals surface area contributed by atoms with Crippen molar-refractivity contribution < 1.29 is 9.53 Å². The minimum Gasteiger partial charge on any atom is -0.373 e. The zero-order chi connectivity index (χ0) is 13.7. The number of benzene rings is 1. The molecule has 0 bridgehead atoms. The minimum absolute atomic E-state index is 0.0457. The summed E-state index contributed by atoms with van der Waals surface area (Å²) in [5, 5.41) is 2.96. The first-order chi connectivity index (χ1) is 9.13. The van der Waals surface area contributed by atoms with E-state index in [0.29, 0.717) is 18.7 Å². The van der Waals surface area contributed by atoms with Crippen molar-refractivity contribution in [1.82, 2.24) is 5.32 Å². The number of rotatable bonds is 5. The average Bonchev–Trinajstić information content (AvgIpc) is 2.84. The molecule has 1 aromatic rings. The Morgan fingerprint density at radius 3 is 3.05 bits per heavy atom. The summed E-state index contributed by atoms with van der Waals surface area (Å²) >= 11 is 0. The molecule has 1 saturated heterocycles. The normalized spacial score (nSPS) is 22.4. The highest BCUT2D eigenvalue weighted by atomic mass is 16.5. The molecule has 4 heteroatoms.